The summed E-state index contributed by atoms with van der Waals surface area (Å²) in [6, 6.07) is 7.39. The van der Waals surface area contributed by atoms with Gasteiger partial charge >= 0.3 is 0 Å². The van der Waals surface area contributed by atoms with E-state index in [0.29, 0.717) is 0 Å². The van der Waals surface area contributed by atoms with E-state index in [1.807, 2.05) is 19.1 Å². The maximum atomic E-state index is 12.2. The SMILES string of the molecule is Cc1ccc(-n2cnc(C(F)F)n2)cc1. The Morgan fingerprint density at radius 3 is 2.40 bits per heavy atom. The molecule has 0 aliphatic heterocycles. The fourth-order valence-electron chi connectivity index (χ4n) is 1.20. The Morgan fingerprint density at radius 2 is 1.87 bits per heavy atom. The zero-order valence-electron chi connectivity index (χ0n) is 8.06. The molecule has 5 heteroatoms. The number of halogens is 2. The highest BCUT2D eigenvalue weighted by atomic mass is 19.3. The maximum Gasteiger partial charge on any atom is 0.299 e. The van der Waals surface area contributed by atoms with E-state index in [4.69, 9.17) is 0 Å². The van der Waals surface area contributed by atoms with Gasteiger partial charge in [-0.3, -0.25) is 0 Å². The Bertz CT molecular complexity index is 448. The number of aromatic nitrogens is 3. The predicted octanol–water partition coefficient (Wildman–Crippen LogP) is 2.51. The van der Waals surface area contributed by atoms with Crippen LogP contribution in [0.4, 0.5) is 8.78 Å². The zero-order chi connectivity index (χ0) is 10.8. The molecule has 1 aromatic heterocycles. The van der Waals surface area contributed by atoms with Crippen LogP contribution < -0.4 is 0 Å². The summed E-state index contributed by atoms with van der Waals surface area (Å²) in [5.41, 5.74) is 1.83. The molecule has 0 unspecified atom stereocenters. The van der Waals surface area contributed by atoms with Crippen molar-refractivity contribution in [1.82, 2.24) is 14.8 Å². The van der Waals surface area contributed by atoms with E-state index in [0.717, 1.165) is 11.3 Å². The standard InChI is InChI=1S/C10H9F2N3/c1-7-2-4-8(5-3-7)15-6-13-10(14-15)9(11)12/h2-6,9H,1H3. The van der Waals surface area contributed by atoms with Crippen molar-refractivity contribution in [2.45, 2.75) is 13.3 Å². The molecule has 0 N–H and O–H groups in total. The second kappa shape index (κ2) is 3.76. The number of benzene rings is 1. The van der Waals surface area contributed by atoms with Crippen LogP contribution in [-0.2, 0) is 0 Å². The second-order valence-corrected chi connectivity index (χ2v) is 3.18. The van der Waals surface area contributed by atoms with Gasteiger partial charge in [0.05, 0.1) is 5.69 Å². The minimum Gasteiger partial charge on any atom is -0.221 e. The normalized spacial score (nSPS) is 10.9. The van der Waals surface area contributed by atoms with E-state index < -0.39 is 12.2 Å². The summed E-state index contributed by atoms with van der Waals surface area (Å²) in [6.45, 7) is 1.95. The molecule has 1 aromatic carbocycles. The molecule has 0 atom stereocenters. The molecule has 0 amide bonds. The van der Waals surface area contributed by atoms with Crippen molar-refractivity contribution in [1.29, 1.82) is 0 Å². The molecule has 2 aromatic rings. The molecule has 0 spiro atoms. The monoisotopic (exact) mass is 209 g/mol. The smallest absolute Gasteiger partial charge is 0.221 e. The van der Waals surface area contributed by atoms with Crippen LogP contribution in [0.3, 0.4) is 0 Å². The van der Waals surface area contributed by atoms with Gasteiger partial charge < -0.3 is 0 Å². The van der Waals surface area contributed by atoms with Gasteiger partial charge in [-0.25, -0.2) is 18.4 Å². The number of hydrogen-bond acceptors (Lipinski definition) is 2. The summed E-state index contributed by atoms with van der Waals surface area (Å²) < 4.78 is 25.8. The van der Waals surface area contributed by atoms with E-state index >= 15 is 0 Å². The van der Waals surface area contributed by atoms with E-state index in [1.54, 1.807) is 12.1 Å². The van der Waals surface area contributed by atoms with Gasteiger partial charge in [-0.1, -0.05) is 17.7 Å². The minimum atomic E-state index is -2.63. The first-order valence-electron chi connectivity index (χ1n) is 4.43. The van der Waals surface area contributed by atoms with Crippen LogP contribution in [0.5, 0.6) is 0 Å². The molecule has 2 rings (SSSR count). The molecule has 0 aliphatic carbocycles. The van der Waals surface area contributed by atoms with Gasteiger partial charge in [0.15, 0.2) is 0 Å². The Kier molecular flexibility index (Phi) is 2.45. The van der Waals surface area contributed by atoms with Crippen molar-refractivity contribution in [3.05, 3.63) is 42.0 Å². The third kappa shape index (κ3) is 2.01. The van der Waals surface area contributed by atoms with Crippen molar-refractivity contribution in [2.75, 3.05) is 0 Å². The van der Waals surface area contributed by atoms with Crippen LogP contribution in [0.25, 0.3) is 5.69 Å². The molecule has 15 heavy (non-hydrogen) atoms. The van der Waals surface area contributed by atoms with Crippen LogP contribution in [-0.4, -0.2) is 14.8 Å². The van der Waals surface area contributed by atoms with Crippen molar-refractivity contribution in [2.24, 2.45) is 0 Å². The van der Waals surface area contributed by atoms with Crippen molar-refractivity contribution in [3.8, 4) is 5.69 Å². The first kappa shape index (κ1) is 9.76. The average Bonchev–Trinajstić information content (AvgIpc) is 2.68. The molecular formula is C10H9F2N3. The number of hydrogen-bond donors (Lipinski definition) is 0. The van der Waals surface area contributed by atoms with Crippen LogP contribution in [0.15, 0.2) is 30.6 Å². The Hall–Kier alpha value is -1.78. The predicted molar refractivity (Wildman–Crippen MR) is 51.1 cm³/mol. The van der Waals surface area contributed by atoms with Gasteiger partial charge in [0, 0.05) is 0 Å². The lowest BCUT2D eigenvalue weighted by atomic mass is 10.2. The summed E-state index contributed by atoms with van der Waals surface area (Å²) in [7, 11) is 0. The molecule has 1 heterocycles. The largest absolute Gasteiger partial charge is 0.299 e. The third-order valence-corrected chi connectivity index (χ3v) is 2.00. The van der Waals surface area contributed by atoms with E-state index in [2.05, 4.69) is 10.1 Å². The highest BCUT2D eigenvalue weighted by Crippen LogP contribution is 2.14. The van der Waals surface area contributed by atoms with Gasteiger partial charge in [-0.2, -0.15) is 0 Å². The van der Waals surface area contributed by atoms with Gasteiger partial charge in [-0.15, -0.1) is 5.10 Å². The molecule has 0 radical (unpaired) electrons. The first-order chi connectivity index (χ1) is 7.16. The summed E-state index contributed by atoms with van der Waals surface area (Å²) in [5, 5.41) is 3.67. The number of alkyl halides is 2. The molecule has 3 nitrogen and oxygen atoms in total. The van der Waals surface area contributed by atoms with Crippen LogP contribution in [0, 0.1) is 6.92 Å². The summed E-state index contributed by atoms with van der Waals surface area (Å²) >= 11 is 0. The molecule has 0 bridgehead atoms. The lowest BCUT2D eigenvalue weighted by Gasteiger charge is -1.99. The van der Waals surface area contributed by atoms with Gasteiger partial charge in [0.2, 0.25) is 5.82 Å². The van der Waals surface area contributed by atoms with E-state index in [-0.39, 0.29) is 0 Å². The maximum absolute atomic E-state index is 12.2. The lowest BCUT2D eigenvalue weighted by Crippen LogP contribution is -1.96. The molecular weight excluding hydrogens is 200 g/mol. The first-order valence-corrected chi connectivity index (χ1v) is 4.43. The van der Waals surface area contributed by atoms with Crippen LogP contribution >= 0.6 is 0 Å². The fraction of sp³-hybridized carbons (Fsp3) is 0.200. The Morgan fingerprint density at radius 1 is 1.20 bits per heavy atom. The van der Waals surface area contributed by atoms with Gasteiger partial charge in [0.1, 0.15) is 6.33 Å². The highest BCUT2D eigenvalue weighted by Gasteiger charge is 2.12. The average molecular weight is 209 g/mol. The van der Waals surface area contributed by atoms with Crippen molar-refractivity contribution in [3.63, 3.8) is 0 Å². The number of rotatable bonds is 2. The highest BCUT2D eigenvalue weighted by molar-refractivity contribution is 5.32. The second-order valence-electron chi connectivity index (χ2n) is 3.18. The number of nitrogens with zero attached hydrogens (tertiary/aromatic N) is 3. The fourth-order valence-corrected chi connectivity index (χ4v) is 1.20. The zero-order valence-corrected chi connectivity index (χ0v) is 8.06. The van der Waals surface area contributed by atoms with Crippen LogP contribution in [0.2, 0.25) is 0 Å². The van der Waals surface area contributed by atoms with E-state index in [9.17, 15) is 8.78 Å². The summed E-state index contributed by atoms with van der Waals surface area (Å²) in [4.78, 5) is 3.52. The minimum absolute atomic E-state index is 0.449. The summed E-state index contributed by atoms with van der Waals surface area (Å²) in [6.07, 6.45) is -1.34. The molecule has 78 valence electrons. The Balaban J connectivity index is 2.33. The topological polar surface area (TPSA) is 30.7 Å². The van der Waals surface area contributed by atoms with E-state index in [1.165, 1.54) is 11.0 Å². The molecule has 0 fully saturated rings. The van der Waals surface area contributed by atoms with Gasteiger partial charge in [0.25, 0.3) is 6.43 Å². The number of aryl methyl sites for hydroxylation is 1. The molecule has 0 saturated carbocycles. The van der Waals surface area contributed by atoms with Gasteiger partial charge in [-0.05, 0) is 19.1 Å². The Labute approximate surface area is 85.4 Å². The molecule has 0 saturated heterocycles. The van der Waals surface area contributed by atoms with Crippen molar-refractivity contribution >= 4 is 0 Å². The van der Waals surface area contributed by atoms with Crippen molar-refractivity contribution < 1.29 is 8.78 Å². The lowest BCUT2D eigenvalue weighted by molar-refractivity contribution is 0.140. The third-order valence-electron chi connectivity index (χ3n) is 2.00. The molecule has 0 aliphatic rings. The van der Waals surface area contributed by atoms with Crippen LogP contribution in [0.1, 0.15) is 17.8 Å². The quantitative estimate of drug-likeness (QED) is 0.760. The summed E-state index contributed by atoms with van der Waals surface area (Å²) in [5.74, 6) is -0.449.